The number of ether oxygens (including phenoxy) is 1. The molecule has 0 atom stereocenters. The molecule has 0 saturated heterocycles. The Morgan fingerprint density at radius 1 is 1.00 bits per heavy atom. The molecule has 0 unspecified atom stereocenters. The van der Waals surface area contributed by atoms with Gasteiger partial charge in [-0.2, -0.15) is 0 Å². The molecule has 0 heterocycles. The summed E-state index contributed by atoms with van der Waals surface area (Å²) in [5, 5.41) is 0. The van der Waals surface area contributed by atoms with E-state index in [1.807, 2.05) is 6.92 Å². The molecule has 0 aliphatic carbocycles. The van der Waals surface area contributed by atoms with Gasteiger partial charge in [0.25, 0.3) is 8.32 Å². The van der Waals surface area contributed by atoms with Gasteiger partial charge >= 0.3 is 0 Å². The minimum Gasteiger partial charge on any atom is -0.541 e. The summed E-state index contributed by atoms with van der Waals surface area (Å²) < 4.78 is 26.0. The summed E-state index contributed by atoms with van der Waals surface area (Å²) in [4.78, 5) is 0. The Morgan fingerprint density at radius 3 is 1.95 bits per heavy atom. The maximum atomic E-state index is 14.2. The minimum atomic E-state index is -2.14. The third-order valence-electron chi connectivity index (χ3n) is 4.21. The van der Waals surface area contributed by atoms with Crippen molar-refractivity contribution in [1.29, 1.82) is 0 Å². The number of benzene rings is 1. The summed E-state index contributed by atoms with van der Waals surface area (Å²) in [6, 6.07) is 4.77. The monoisotopic (exact) mass is 312 g/mol. The lowest BCUT2D eigenvalue weighted by Gasteiger charge is -2.42. The van der Waals surface area contributed by atoms with Crippen LogP contribution in [0.15, 0.2) is 18.2 Å². The zero-order valence-corrected chi connectivity index (χ0v) is 15.4. The summed E-state index contributed by atoms with van der Waals surface area (Å²) in [6.45, 7) is 15.6. The first-order valence-electron chi connectivity index (χ1n) is 7.87. The van der Waals surface area contributed by atoms with Crippen LogP contribution in [0.2, 0.25) is 16.6 Å². The zero-order valence-electron chi connectivity index (χ0n) is 14.4. The highest BCUT2D eigenvalue weighted by Gasteiger charge is 2.47. The maximum Gasteiger partial charge on any atom is 0.258 e. The first kappa shape index (κ1) is 18.0. The summed E-state index contributed by atoms with van der Waals surface area (Å²) in [6.07, 6.45) is 0. The van der Waals surface area contributed by atoms with E-state index in [2.05, 4.69) is 41.5 Å². The van der Waals surface area contributed by atoms with Crippen LogP contribution in [0.1, 0.15) is 48.5 Å². The minimum absolute atomic E-state index is 0.308. The number of hydrogen-bond acceptors (Lipinski definition) is 2. The Labute approximate surface area is 129 Å². The van der Waals surface area contributed by atoms with Gasteiger partial charge in [-0.1, -0.05) is 41.5 Å². The molecule has 21 heavy (non-hydrogen) atoms. The molecule has 0 aromatic heterocycles. The molecular formula is C17H29FO2Si. The van der Waals surface area contributed by atoms with Gasteiger partial charge in [0.2, 0.25) is 0 Å². The van der Waals surface area contributed by atoms with E-state index >= 15 is 0 Å². The van der Waals surface area contributed by atoms with Crippen LogP contribution in [0.5, 0.6) is 11.5 Å². The quantitative estimate of drug-likeness (QED) is 0.594. The Morgan fingerprint density at radius 2 is 1.52 bits per heavy atom. The van der Waals surface area contributed by atoms with Crippen molar-refractivity contribution in [2.45, 2.75) is 65.1 Å². The van der Waals surface area contributed by atoms with Gasteiger partial charge in [-0.25, -0.2) is 4.39 Å². The third-order valence-corrected chi connectivity index (χ3v) is 10.2. The van der Waals surface area contributed by atoms with E-state index in [0.29, 0.717) is 34.7 Å². The van der Waals surface area contributed by atoms with E-state index in [1.165, 1.54) is 6.07 Å². The smallest absolute Gasteiger partial charge is 0.258 e. The van der Waals surface area contributed by atoms with Gasteiger partial charge in [0.1, 0.15) is 11.5 Å². The van der Waals surface area contributed by atoms with Crippen LogP contribution in [0.4, 0.5) is 4.39 Å². The lowest BCUT2D eigenvalue weighted by Crippen LogP contribution is -2.50. The van der Waals surface area contributed by atoms with Crippen molar-refractivity contribution in [3.8, 4) is 11.5 Å². The van der Waals surface area contributed by atoms with Crippen LogP contribution in [-0.2, 0) is 0 Å². The number of hydrogen-bond donors (Lipinski definition) is 0. The van der Waals surface area contributed by atoms with Crippen LogP contribution in [0, 0.1) is 5.82 Å². The Hall–Kier alpha value is -1.03. The van der Waals surface area contributed by atoms with Gasteiger partial charge in [0.05, 0.1) is 6.61 Å². The summed E-state index contributed by atoms with van der Waals surface area (Å²) >= 11 is 0. The summed E-state index contributed by atoms with van der Waals surface area (Å²) in [7, 11) is -2.14. The number of rotatable bonds is 7. The molecule has 0 N–H and O–H groups in total. The zero-order chi connectivity index (χ0) is 16.2. The highest BCUT2D eigenvalue weighted by Crippen LogP contribution is 2.43. The molecule has 0 aliphatic rings. The molecule has 0 bridgehead atoms. The van der Waals surface area contributed by atoms with E-state index in [9.17, 15) is 4.39 Å². The van der Waals surface area contributed by atoms with Crippen molar-refractivity contribution in [2.24, 2.45) is 0 Å². The van der Waals surface area contributed by atoms with Crippen LogP contribution in [0.25, 0.3) is 0 Å². The topological polar surface area (TPSA) is 18.5 Å². The molecule has 1 rings (SSSR count). The predicted molar refractivity (Wildman–Crippen MR) is 89.2 cm³/mol. The molecule has 1 aromatic carbocycles. The van der Waals surface area contributed by atoms with Crippen LogP contribution in [0.3, 0.4) is 0 Å². The van der Waals surface area contributed by atoms with Crippen molar-refractivity contribution in [3.05, 3.63) is 24.0 Å². The van der Waals surface area contributed by atoms with Crippen molar-refractivity contribution in [1.82, 2.24) is 0 Å². The molecular weight excluding hydrogens is 283 g/mol. The average Bonchev–Trinajstić information content (AvgIpc) is 2.38. The third kappa shape index (κ3) is 3.79. The van der Waals surface area contributed by atoms with E-state index in [-0.39, 0.29) is 5.82 Å². The Kier molecular flexibility index (Phi) is 6.26. The van der Waals surface area contributed by atoms with Gasteiger partial charge in [0.15, 0.2) is 5.82 Å². The molecule has 0 aliphatic heterocycles. The standard InChI is InChI=1S/C17H29FO2Si/c1-8-19-15-9-10-16(18)17(11-15)20-21(12(2)3,13(4)5)14(6)7/h9-14H,8H2,1-7H3. The molecule has 120 valence electrons. The second kappa shape index (κ2) is 7.30. The largest absolute Gasteiger partial charge is 0.541 e. The molecule has 0 spiro atoms. The van der Waals surface area contributed by atoms with Crippen molar-refractivity contribution in [2.75, 3.05) is 6.61 Å². The van der Waals surface area contributed by atoms with Crippen LogP contribution < -0.4 is 9.16 Å². The second-order valence-electron chi connectivity index (χ2n) is 6.44. The van der Waals surface area contributed by atoms with E-state index < -0.39 is 8.32 Å². The molecule has 0 amide bonds. The first-order valence-corrected chi connectivity index (χ1v) is 10.0. The Bertz CT molecular complexity index is 436. The lowest BCUT2D eigenvalue weighted by molar-refractivity contribution is 0.336. The predicted octanol–water partition coefficient (Wildman–Crippen LogP) is 5.78. The highest BCUT2D eigenvalue weighted by molar-refractivity contribution is 6.78. The lowest BCUT2D eigenvalue weighted by atomic mass is 10.3. The van der Waals surface area contributed by atoms with Gasteiger partial charge in [-0.3, -0.25) is 0 Å². The van der Waals surface area contributed by atoms with Gasteiger partial charge in [-0.05, 0) is 35.7 Å². The first-order chi connectivity index (χ1) is 9.75. The number of halogens is 1. The fraction of sp³-hybridized carbons (Fsp3) is 0.647. The summed E-state index contributed by atoms with van der Waals surface area (Å²) in [5.41, 5.74) is 1.23. The molecule has 0 saturated carbocycles. The van der Waals surface area contributed by atoms with E-state index in [1.54, 1.807) is 12.1 Å². The molecule has 2 nitrogen and oxygen atoms in total. The molecule has 1 aromatic rings. The van der Waals surface area contributed by atoms with Crippen molar-refractivity contribution in [3.63, 3.8) is 0 Å². The molecule has 4 heteroatoms. The van der Waals surface area contributed by atoms with Gasteiger partial charge in [0, 0.05) is 6.07 Å². The average molecular weight is 313 g/mol. The molecule has 0 radical (unpaired) electrons. The van der Waals surface area contributed by atoms with E-state index in [0.717, 1.165) is 0 Å². The van der Waals surface area contributed by atoms with E-state index in [4.69, 9.17) is 9.16 Å². The second-order valence-corrected chi connectivity index (χ2v) is 11.8. The highest BCUT2D eigenvalue weighted by atomic mass is 28.4. The van der Waals surface area contributed by atoms with Crippen LogP contribution >= 0.6 is 0 Å². The normalized spacial score (nSPS) is 12.3. The Balaban J connectivity index is 3.23. The maximum absolute atomic E-state index is 14.2. The van der Waals surface area contributed by atoms with Crippen LogP contribution in [-0.4, -0.2) is 14.9 Å². The van der Waals surface area contributed by atoms with Crippen molar-refractivity contribution < 1.29 is 13.6 Å². The fourth-order valence-electron chi connectivity index (χ4n) is 3.36. The van der Waals surface area contributed by atoms with Gasteiger partial charge in [-0.15, -0.1) is 0 Å². The fourth-order valence-corrected chi connectivity index (χ4v) is 8.61. The summed E-state index contributed by atoms with van der Waals surface area (Å²) in [5.74, 6) is 0.689. The van der Waals surface area contributed by atoms with Crippen molar-refractivity contribution >= 4 is 8.32 Å². The molecule has 0 fully saturated rings. The SMILES string of the molecule is CCOc1ccc(F)c(O[Si](C(C)C)(C(C)C)C(C)C)c1. The van der Waals surface area contributed by atoms with Gasteiger partial charge < -0.3 is 9.16 Å².